The molecule has 1 fully saturated rings. The maximum Gasteiger partial charge on any atom is 0.335 e. The highest BCUT2D eigenvalue weighted by molar-refractivity contribution is 5.98. The third-order valence-electron chi connectivity index (χ3n) is 3.16. The van der Waals surface area contributed by atoms with Crippen LogP contribution in [0.1, 0.15) is 12.5 Å². The number of cyclic esters (lactones) is 1. The second-order valence-corrected chi connectivity index (χ2v) is 4.33. The van der Waals surface area contributed by atoms with Crippen LogP contribution in [0.4, 0.5) is 0 Å². The van der Waals surface area contributed by atoms with E-state index in [1.54, 1.807) is 7.11 Å². The quantitative estimate of drug-likeness (QED) is 0.736. The van der Waals surface area contributed by atoms with E-state index in [1.165, 1.54) is 0 Å². The number of aliphatic imine (C=N–C) groups is 1. The van der Waals surface area contributed by atoms with Crippen LogP contribution < -0.4 is 4.74 Å². The monoisotopic (exact) mass is 247 g/mol. The molecule has 3 rings (SSSR count). The van der Waals surface area contributed by atoms with Gasteiger partial charge in [-0.1, -0.05) is 0 Å². The molecule has 0 unspecified atom stereocenters. The minimum absolute atomic E-state index is 0.248. The molecule has 5 nitrogen and oxygen atoms in total. The summed E-state index contributed by atoms with van der Waals surface area (Å²) in [4.78, 5) is 15.8. The molecule has 0 aromatic heterocycles. The fourth-order valence-corrected chi connectivity index (χ4v) is 2.16. The van der Waals surface area contributed by atoms with E-state index in [-0.39, 0.29) is 18.2 Å². The molecule has 1 aromatic rings. The summed E-state index contributed by atoms with van der Waals surface area (Å²) in [6.45, 7) is 1.81. The lowest BCUT2D eigenvalue weighted by atomic mass is 10.1. The zero-order valence-electron chi connectivity index (χ0n) is 10.1. The SMILES string of the molecule is COc1ccc(C2=N[C@@H]3C(=O)O[C@@H](C)[C@@H]3O2)cc1. The van der Waals surface area contributed by atoms with Gasteiger partial charge in [0, 0.05) is 5.56 Å². The van der Waals surface area contributed by atoms with Crippen LogP contribution in [-0.4, -0.2) is 37.2 Å². The predicted molar refractivity (Wildman–Crippen MR) is 63.7 cm³/mol. The Morgan fingerprint density at radius 1 is 1.22 bits per heavy atom. The Balaban J connectivity index is 1.86. The van der Waals surface area contributed by atoms with E-state index < -0.39 is 6.04 Å². The van der Waals surface area contributed by atoms with Gasteiger partial charge in [0.2, 0.25) is 5.90 Å². The van der Waals surface area contributed by atoms with E-state index in [0.29, 0.717) is 5.90 Å². The topological polar surface area (TPSA) is 57.1 Å². The molecule has 3 atom stereocenters. The molecule has 94 valence electrons. The van der Waals surface area contributed by atoms with E-state index in [0.717, 1.165) is 11.3 Å². The Morgan fingerprint density at radius 2 is 1.94 bits per heavy atom. The minimum Gasteiger partial charge on any atom is -0.497 e. The van der Waals surface area contributed by atoms with Gasteiger partial charge >= 0.3 is 5.97 Å². The molecule has 18 heavy (non-hydrogen) atoms. The van der Waals surface area contributed by atoms with Gasteiger partial charge in [-0.15, -0.1) is 0 Å². The zero-order valence-corrected chi connectivity index (χ0v) is 10.1. The number of benzene rings is 1. The summed E-state index contributed by atoms with van der Waals surface area (Å²) in [5, 5.41) is 0. The zero-order chi connectivity index (χ0) is 12.7. The van der Waals surface area contributed by atoms with Crippen molar-refractivity contribution in [3.63, 3.8) is 0 Å². The van der Waals surface area contributed by atoms with Gasteiger partial charge in [-0.25, -0.2) is 9.79 Å². The summed E-state index contributed by atoms with van der Waals surface area (Å²) in [5.41, 5.74) is 0.838. The lowest BCUT2D eigenvalue weighted by Crippen LogP contribution is -2.26. The van der Waals surface area contributed by atoms with Crippen molar-refractivity contribution < 1.29 is 19.0 Å². The molecule has 5 heteroatoms. The Labute approximate surface area is 104 Å². The smallest absolute Gasteiger partial charge is 0.335 e. The van der Waals surface area contributed by atoms with Gasteiger partial charge in [0.05, 0.1) is 7.11 Å². The van der Waals surface area contributed by atoms with Gasteiger partial charge in [0.15, 0.2) is 12.1 Å². The first-order valence-corrected chi connectivity index (χ1v) is 5.78. The second-order valence-electron chi connectivity index (χ2n) is 4.33. The number of esters is 1. The molecule has 0 saturated carbocycles. The number of fused-ring (bicyclic) bond motifs is 1. The van der Waals surface area contributed by atoms with Crippen molar-refractivity contribution >= 4 is 11.9 Å². The third kappa shape index (κ3) is 1.63. The number of carbonyl (C=O) groups excluding carboxylic acids is 1. The van der Waals surface area contributed by atoms with Crippen LogP contribution in [0.3, 0.4) is 0 Å². The van der Waals surface area contributed by atoms with E-state index in [4.69, 9.17) is 14.2 Å². The van der Waals surface area contributed by atoms with Crippen molar-refractivity contribution in [2.24, 2.45) is 4.99 Å². The van der Waals surface area contributed by atoms with E-state index >= 15 is 0 Å². The molecular formula is C13H13NO4. The van der Waals surface area contributed by atoms with Crippen LogP contribution in [0.2, 0.25) is 0 Å². The molecular weight excluding hydrogens is 234 g/mol. The number of ether oxygens (including phenoxy) is 3. The van der Waals surface area contributed by atoms with Gasteiger partial charge in [0.1, 0.15) is 11.9 Å². The molecule has 2 aliphatic heterocycles. The van der Waals surface area contributed by atoms with Crippen molar-refractivity contribution in [1.82, 2.24) is 0 Å². The predicted octanol–water partition coefficient (Wildman–Crippen LogP) is 1.15. The lowest BCUT2D eigenvalue weighted by Gasteiger charge is -2.12. The van der Waals surface area contributed by atoms with Gasteiger partial charge in [0.25, 0.3) is 0 Å². The Bertz CT molecular complexity index is 508. The summed E-state index contributed by atoms with van der Waals surface area (Å²) < 4.78 is 15.8. The molecule has 0 spiro atoms. The van der Waals surface area contributed by atoms with E-state index in [1.807, 2.05) is 31.2 Å². The molecule has 0 radical (unpaired) electrons. The molecule has 1 saturated heterocycles. The minimum atomic E-state index is -0.517. The van der Waals surface area contributed by atoms with Crippen molar-refractivity contribution in [3.05, 3.63) is 29.8 Å². The van der Waals surface area contributed by atoms with Crippen molar-refractivity contribution in [1.29, 1.82) is 0 Å². The number of carbonyl (C=O) groups is 1. The third-order valence-corrected chi connectivity index (χ3v) is 3.16. The van der Waals surface area contributed by atoms with Gasteiger partial charge in [-0.3, -0.25) is 0 Å². The average Bonchev–Trinajstić information content (AvgIpc) is 2.93. The van der Waals surface area contributed by atoms with Crippen LogP contribution in [0, 0.1) is 0 Å². The molecule has 0 N–H and O–H groups in total. The van der Waals surface area contributed by atoms with Crippen LogP contribution in [0.5, 0.6) is 5.75 Å². The standard InChI is InChI=1S/C13H13NO4/c1-7-11-10(13(15)17-7)14-12(18-11)8-3-5-9(16-2)6-4-8/h3-7,10-11H,1-2H3/t7-,10-,11-/m0/s1. The summed E-state index contributed by atoms with van der Waals surface area (Å²) in [6.07, 6.45) is -0.545. The van der Waals surface area contributed by atoms with Crippen molar-refractivity contribution in [3.8, 4) is 5.75 Å². The highest BCUT2D eigenvalue weighted by Crippen LogP contribution is 2.29. The number of nitrogens with zero attached hydrogens (tertiary/aromatic N) is 1. The van der Waals surface area contributed by atoms with Gasteiger partial charge in [-0.05, 0) is 31.2 Å². The Hall–Kier alpha value is -2.04. The van der Waals surface area contributed by atoms with Crippen LogP contribution in [0.25, 0.3) is 0 Å². The van der Waals surface area contributed by atoms with Crippen LogP contribution in [-0.2, 0) is 14.3 Å². The number of methoxy groups -OCH3 is 1. The Morgan fingerprint density at radius 3 is 2.56 bits per heavy atom. The first kappa shape index (κ1) is 11.1. The number of hydrogen-bond donors (Lipinski definition) is 0. The highest BCUT2D eigenvalue weighted by atomic mass is 16.6. The van der Waals surface area contributed by atoms with Gasteiger partial charge in [-0.2, -0.15) is 0 Å². The van der Waals surface area contributed by atoms with E-state index in [9.17, 15) is 4.79 Å². The van der Waals surface area contributed by atoms with Crippen molar-refractivity contribution in [2.75, 3.05) is 7.11 Å². The summed E-state index contributed by atoms with van der Waals surface area (Å²) in [6, 6.07) is 6.86. The first-order chi connectivity index (χ1) is 8.69. The fraction of sp³-hybridized carbons (Fsp3) is 0.385. The lowest BCUT2D eigenvalue weighted by molar-refractivity contribution is -0.142. The first-order valence-electron chi connectivity index (χ1n) is 5.78. The summed E-state index contributed by atoms with van der Waals surface area (Å²) in [5.74, 6) is 0.956. The largest absolute Gasteiger partial charge is 0.497 e. The van der Waals surface area contributed by atoms with E-state index in [2.05, 4.69) is 4.99 Å². The number of rotatable bonds is 2. The molecule has 1 aromatic carbocycles. The maximum atomic E-state index is 11.5. The normalized spacial score (nSPS) is 29.3. The molecule has 2 aliphatic rings. The van der Waals surface area contributed by atoms with Crippen LogP contribution >= 0.6 is 0 Å². The fourth-order valence-electron chi connectivity index (χ4n) is 2.16. The molecule has 0 aliphatic carbocycles. The van der Waals surface area contributed by atoms with Gasteiger partial charge < -0.3 is 14.2 Å². The average molecular weight is 247 g/mol. The van der Waals surface area contributed by atoms with Crippen molar-refractivity contribution in [2.45, 2.75) is 25.2 Å². The molecule has 2 heterocycles. The summed E-state index contributed by atoms with van der Waals surface area (Å²) >= 11 is 0. The Kier molecular flexibility index (Phi) is 2.47. The second kappa shape index (κ2) is 4.01. The molecule has 0 bridgehead atoms. The molecule has 0 amide bonds. The highest BCUT2D eigenvalue weighted by Gasteiger charge is 2.48. The summed E-state index contributed by atoms with van der Waals surface area (Å²) in [7, 11) is 1.61. The van der Waals surface area contributed by atoms with Crippen LogP contribution in [0.15, 0.2) is 29.3 Å². The number of hydrogen-bond acceptors (Lipinski definition) is 5. The maximum absolute atomic E-state index is 11.5.